The number of amides is 4. The number of carbonyl (C=O) groups is 4. The summed E-state index contributed by atoms with van der Waals surface area (Å²) in [5.74, 6) is -1.09. The lowest BCUT2D eigenvalue weighted by atomic mass is 10.2. The molecule has 0 bridgehead atoms. The lowest BCUT2D eigenvalue weighted by molar-refractivity contribution is -0.137. The molecule has 1 unspecified atom stereocenters. The Balaban J connectivity index is 1.52. The summed E-state index contributed by atoms with van der Waals surface area (Å²) in [4.78, 5) is 50.7. The molecule has 2 aromatic rings. The van der Waals surface area contributed by atoms with Gasteiger partial charge in [-0.1, -0.05) is 6.07 Å². The van der Waals surface area contributed by atoms with E-state index < -0.39 is 11.9 Å². The number of carbonyl (C=O) groups excluding carboxylic acids is 4. The van der Waals surface area contributed by atoms with Crippen molar-refractivity contribution in [3.05, 3.63) is 52.2 Å². The summed E-state index contributed by atoms with van der Waals surface area (Å²) >= 11 is 1.34. The molecule has 1 aliphatic rings. The van der Waals surface area contributed by atoms with Gasteiger partial charge in [0.05, 0.1) is 11.4 Å². The average molecular weight is 414 g/mol. The van der Waals surface area contributed by atoms with Crippen molar-refractivity contribution in [1.29, 1.82) is 0 Å². The van der Waals surface area contributed by atoms with E-state index in [9.17, 15) is 19.2 Å². The van der Waals surface area contributed by atoms with Crippen molar-refractivity contribution in [3.8, 4) is 0 Å². The maximum atomic E-state index is 12.4. The zero-order valence-corrected chi connectivity index (χ0v) is 16.8. The Hall–Kier alpha value is -3.20. The van der Waals surface area contributed by atoms with Crippen LogP contribution in [0.25, 0.3) is 0 Å². The Kier molecular flexibility index (Phi) is 6.61. The second-order valence-electron chi connectivity index (χ2n) is 6.55. The van der Waals surface area contributed by atoms with Crippen LogP contribution in [0.15, 0.2) is 41.8 Å². The van der Waals surface area contributed by atoms with Crippen molar-refractivity contribution >= 4 is 40.7 Å². The molecule has 1 aromatic carbocycles. The Bertz CT molecular complexity index is 896. The molecule has 2 heterocycles. The zero-order chi connectivity index (χ0) is 20.8. The number of rotatable bonds is 6. The van der Waals surface area contributed by atoms with E-state index >= 15 is 0 Å². The Morgan fingerprint density at radius 1 is 1.10 bits per heavy atom. The quantitative estimate of drug-likeness (QED) is 0.665. The van der Waals surface area contributed by atoms with E-state index in [1.807, 2.05) is 5.38 Å². The van der Waals surface area contributed by atoms with Crippen molar-refractivity contribution in [1.82, 2.24) is 15.5 Å². The van der Waals surface area contributed by atoms with Gasteiger partial charge >= 0.3 is 0 Å². The van der Waals surface area contributed by atoms with E-state index in [0.29, 0.717) is 29.1 Å². The predicted octanol–water partition coefficient (Wildman–Crippen LogP) is 1.47. The van der Waals surface area contributed by atoms with E-state index in [4.69, 9.17) is 0 Å². The molecule has 9 heteroatoms. The summed E-state index contributed by atoms with van der Waals surface area (Å²) in [5.41, 5.74) is 0.942. The number of likely N-dealkylation sites (N-methyl/N-ethyl adjacent to an activating group) is 1. The van der Waals surface area contributed by atoms with Gasteiger partial charge in [0, 0.05) is 24.8 Å². The summed E-state index contributed by atoms with van der Waals surface area (Å²) in [5, 5.41) is 9.73. The first-order valence-electron chi connectivity index (χ1n) is 9.24. The van der Waals surface area contributed by atoms with Gasteiger partial charge in [0.15, 0.2) is 0 Å². The lowest BCUT2D eigenvalue weighted by Crippen LogP contribution is -2.48. The Morgan fingerprint density at radius 3 is 2.52 bits per heavy atom. The van der Waals surface area contributed by atoms with E-state index in [0.717, 1.165) is 6.42 Å². The smallest absolute Gasteiger partial charge is 0.265 e. The molecule has 1 atom stereocenters. The lowest BCUT2D eigenvalue weighted by Gasteiger charge is -2.23. The standard InChI is InChI=1S/C20H22N4O4S/c1-21-19(27)15-4-2-10-24(15)17(25)12-22-18(26)13-6-8-14(9-7-13)23-20(28)16-5-3-11-29-16/h3,5-9,11,15H,2,4,10,12H2,1H3,(H,21,27)(H,22,26)(H,23,28). The fourth-order valence-corrected chi connectivity index (χ4v) is 3.79. The molecule has 0 aliphatic carbocycles. The summed E-state index contributed by atoms with van der Waals surface area (Å²) in [6, 6.07) is 9.46. The monoisotopic (exact) mass is 414 g/mol. The molecule has 29 heavy (non-hydrogen) atoms. The highest BCUT2D eigenvalue weighted by Crippen LogP contribution is 2.17. The van der Waals surface area contributed by atoms with Crippen molar-refractivity contribution in [2.45, 2.75) is 18.9 Å². The van der Waals surface area contributed by atoms with Gasteiger partial charge in [-0.15, -0.1) is 11.3 Å². The number of benzene rings is 1. The highest BCUT2D eigenvalue weighted by atomic mass is 32.1. The number of nitrogens with one attached hydrogen (secondary N) is 3. The van der Waals surface area contributed by atoms with Crippen LogP contribution in [0.4, 0.5) is 5.69 Å². The molecule has 0 radical (unpaired) electrons. The molecular weight excluding hydrogens is 392 g/mol. The SMILES string of the molecule is CNC(=O)C1CCCN1C(=O)CNC(=O)c1ccc(NC(=O)c2cccs2)cc1. The van der Waals surface area contributed by atoms with Crippen LogP contribution in [0.5, 0.6) is 0 Å². The summed E-state index contributed by atoms with van der Waals surface area (Å²) in [7, 11) is 1.54. The molecule has 4 amide bonds. The number of likely N-dealkylation sites (tertiary alicyclic amines) is 1. The maximum Gasteiger partial charge on any atom is 0.265 e. The average Bonchev–Trinajstić information content (AvgIpc) is 3.44. The van der Waals surface area contributed by atoms with Gasteiger partial charge < -0.3 is 20.9 Å². The summed E-state index contributed by atoms with van der Waals surface area (Å²) in [6.45, 7) is 0.328. The summed E-state index contributed by atoms with van der Waals surface area (Å²) < 4.78 is 0. The van der Waals surface area contributed by atoms with Gasteiger partial charge in [0.1, 0.15) is 6.04 Å². The first-order valence-corrected chi connectivity index (χ1v) is 10.1. The van der Waals surface area contributed by atoms with E-state index in [1.54, 1.807) is 36.4 Å². The Labute approximate surface area is 172 Å². The molecule has 1 aromatic heterocycles. The summed E-state index contributed by atoms with van der Waals surface area (Å²) in [6.07, 6.45) is 1.38. The van der Waals surface area contributed by atoms with Gasteiger partial charge in [0.2, 0.25) is 11.8 Å². The minimum absolute atomic E-state index is 0.177. The van der Waals surface area contributed by atoms with Crippen LogP contribution in [0.3, 0.4) is 0 Å². The van der Waals surface area contributed by atoms with E-state index in [-0.39, 0.29) is 24.3 Å². The van der Waals surface area contributed by atoms with E-state index in [1.165, 1.54) is 23.3 Å². The topological polar surface area (TPSA) is 108 Å². The second-order valence-corrected chi connectivity index (χ2v) is 7.50. The fourth-order valence-electron chi connectivity index (χ4n) is 3.17. The predicted molar refractivity (Wildman–Crippen MR) is 110 cm³/mol. The fraction of sp³-hybridized carbons (Fsp3) is 0.300. The maximum absolute atomic E-state index is 12.4. The van der Waals surface area contributed by atoms with Gasteiger partial charge in [-0.3, -0.25) is 19.2 Å². The third kappa shape index (κ3) is 5.00. The third-order valence-electron chi connectivity index (χ3n) is 4.67. The van der Waals surface area contributed by atoms with Crippen LogP contribution in [-0.2, 0) is 9.59 Å². The molecule has 152 valence electrons. The van der Waals surface area contributed by atoms with Gasteiger partial charge in [-0.2, -0.15) is 0 Å². The molecule has 3 N–H and O–H groups in total. The van der Waals surface area contributed by atoms with Gasteiger partial charge in [-0.25, -0.2) is 0 Å². The number of anilines is 1. The molecule has 0 saturated carbocycles. The van der Waals surface area contributed by atoms with E-state index in [2.05, 4.69) is 16.0 Å². The van der Waals surface area contributed by atoms with Crippen molar-refractivity contribution in [2.75, 3.05) is 25.5 Å². The van der Waals surface area contributed by atoms with Crippen molar-refractivity contribution in [2.24, 2.45) is 0 Å². The molecule has 1 fully saturated rings. The van der Waals surface area contributed by atoms with Crippen LogP contribution in [-0.4, -0.2) is 54.7 Å². The second kappa shape index (κ2) is 9.33. The first-order chi connectivity index (χ1) is 14.0. The minimum Gasteiger partial charge on any atom is -0.357 e. The number of hydrogen-bond acceptors (Lipinski definition) is 5. The molecule has 0 spiro atoms. The highest BCUT2D eigenvalue weighted by Gasteiger charge is 2.33. The molecule has 3 rings (SSSR count). The highest BCUT2D eigenvalue weighted by molar-refractivity contribution is 7.12. The zero-order valence-electron chi connectivity index (χ0n) is 15.9. The normalized spacial score (nSPS) is 15.6. The van der Waals surface area contributed by atoms with Crippen molar-refractivity contribution < 1.29 is 19.2 Å². The van der Waals surface area contributed by atoms with Crippen LogP contribution in [0.2, 0.25) is 0 Å². The van der Waals surface area contributed by atoms with Crippen LogP contribution in [0.1, 0.15) is 32.9 Å². The largest absolute Gasteiger partial charge is 0.357 e. The number of nitrogens with zero attached hydrogens (tertiary/aromatic N) is 1. The van der Waals surface area contributed by atoms with Crippen LogP contribution >= 0.6 is 11.3 Å². The molecule has 8 nitrogen and oxygen atoms in total. The third-order valence-corrected chi connectivity index (χ3v) is 5.54. The molecule has 1 aliphatic heterocycles. The van der Waals surface area contributed by atoms with Gasteiger partial charge in [-0.05, 0) is 48.6 Å². The number of hydrogen-bond donors (Lipinski definition) is 3. The first kappa shape index (κ1) is 20.5. The van der Waals surface area contributed by atoms with Gasteiger partial charge in [0.25, 0.3) is 11.8 Å². The molecular formula is C20H22N4O4S. The molecule has 1 saturated heterocycles. The minimum atomic E-state index is -0.476. The number of thiophene rings is 1. The Morgan fingerprint density at radius 2 is 1.86 bits per heavy atom. The van der Waals surface area contributed by atoms with Crippen LogP contribution in [0, 0.1) is 0 Å². The van der Waals surface area contributed by atoms with Crippen molar-refractivity contribution in [3.63, 3.8) is 0 Å². The van der Waals surface area contributed by atoms with Crippen LogP contribution < -0.4 is 16.0 Å².